The van der Waals surface area contributed by atoms with Gasteiger partial charge in [0.1, 0.15) is 0 Å². The molecule has 1 aromatic carbocycles. The Hall–Kier alpha value is -2.57. The second-order valence-corrected chi connectivity index (χ2v) is 4.08. The zero-order valence-electron chi connectivity index (χ0n) is 12.3. The lowest BCUT2D eigenvalue weighted by atomic mass is 10.3. The fraction of sp³-hybridized carbons (Fsp3) is 0.357. The third-order valence-electron chi connectivity index (χ3n) is 2.51. The lowest BCUT2D eigenvalue weighted by Crippen LogP contribution is -2.04. The molecule has 0 saturated heterocycles. The fourth-order valence-corrected chi connectivity index (χ4v) is 1.55. The van der Waals surface area contributed by atoms with Crippen molar-refractivity contribution in [2.75, 3.05) is 26.1 Å². The molecule has 2 aromatic rings. The molecular formula is C14H18N4O3. The first-order chi connectivity index (χ1) is 10.3. The summed E-state index contributed by atoms with van der Waals surface area (Å²) in [5, 5.41) is 2.82. The minimum Gasteiger partial charge on any atom is -0.490 e. The number of aromatic nitrogens is 3. The summed E-state index contributed by atoms with van der Waals surface area (Å²) in [6.45, 7) is 2.65. The smallest absolute Gasteiger partial charge is 0.330 e. The minimum atomic E-state index is 0.138. The molecule has 1 N–H and O–H groups in total. The van der Waals surface area contributed by atoms with Crippen LogP contribution >= 0.6 is 0 Å². The Morgan fingerprint density at radius 1 is 1.05 bits per heavy atom. The van der Waals surface area contributed by atoms with Crippen molar-refractivity contribution in [3.05, 3.63) is 24.3 Å². The van der Waals surface area contributed by atoms with Gasteiger partial charge in [-0.05, 0) is 18.6 Å². The fourth-order valence-electron chi connectivity index (χ4n) is 1.55. The molecule has 21 heavy (non-hydrogen) atoms. The number of rotatable bonds is 7. The van der Waals surface area contributed by atoms with Crippen LogP contribution in [0, 0.1) is 0 Å². The number of hydrogen-bond donors (Lipinski definition) is 1. The SMILES string of the molecule is CCCOc1ccccc1Oc1nc(NC)nc(OC)n1. The van der Waals surface area contributed by atoms with Crippen LogP contribution in [0.1, 0.15) is 13.3 Å². The predicted molar refractivity (Wildman–Crippen MR) is 78.2 cm³/mol. The van der Waals surface area contributed by atoms with Gasteiger partial charge in [0.05, 0.1) is 13.7 Å². The molecule has 1 heterocycles. The number of methoxy groups -OCH3 is 1. The second-order valence-electron chi connectivity index (χ2n) is 4.08. The maximum absolute atomic E-state index is 5.68. The van der Waals surface area contributed by atoms with E-state index >= 15 is 0 Å². The zero-order valence-corrected chi connectivity index (χ0v) is 12.3. The van der Waals surface area contributed by atoms with Gasteiger partial charge in [-0.15, -0.1) is 4.98 Å². The molecule has 1 aromatic heterocycles. The second kappa shape index (κ2) is 7.28. The molecule has 2 rings (SSSR count). The summed E-state index contributed by atoms with van der Waals surface area (Å²) in [5.74, 6) is 1.55. The van der Waals surface area contributed by atoms with E-state index in [0.29, 0.717) is 24.1 Å². The summed E-state index contributed by atoms with van der Waals surface area (Å²) in [7, 11) is 3.19. The first-order valence-corrected chi connectivity index (χ1v) is 6.64. The maximum Gasteiger partial charge on any atom is 0.330 e. The average molecular weight is 290 g/mol. The van der Waals surface area contributed by atoms with Crippen LogP contribution in [0.3, 0.4) is 0 Å². The molecule has 0 aliphatic heterocycles. The highest BCUT2D eigenvalue weighted by molar-refractivity contribution is 5.41. The Labute approximate surface area is 123 Å². The number of benzene rings is 1. The summed E-state index contributed by atoms with van der Waals surface area (Å²) in [6.07, 6.45) is 0.915. The summed E-state index contributed by atoms with van der Waals surface area (Å²) >= 11 is 0. The normalized spacial score (nSPS) is 10.0. The summed E-state index contributed by atoms with van der Waals surface area (Å²) in [4.78, 5) is 12.2. The van der Waals surface area contributed by atoms with E-state index in [1.54, 1.807) is 13.1 Å². The molecule has 0 spiro atoms. The number of ether oxygens (including phenoxy) is 3. The van der Waals surface area contributed by atoms with Crippen molar-refractivity contribution < 1.29 is 14.2 Å². The van der Waals surface area contributed by atoms with Crippen molar-refractivity contribution in [3.63, 3.8) is 0 Å². The summed E-state index contributed by atoms with van der Waals surface area (Å²) < 4.78 is 16.3. The van der Waals surface area contributed by atoms with E-state index in [9.17, 15) is 0 Å². The van der Waals surface area contributed by atoms with Gasteiger partial charge in [-0.3, -0.25) is 0 Å². The lowest BCUT2D eigenvalue weighted by Gasteiger charge is -2.11. The highest BCUT2D eigenvalue weighted by Gasteiger charge is 2.11. The average Bonchev–Trinajstić information content (AvgIpc) is 2.53. The van der Waals surface area contributed by atoms with Gasteiger partial charge in [0, 0.05) is 7.05 Å². The van der Waals surface area contributed by atoms with Crippen molar-refractivity contribution in [2.24, 2.45) is 0 Å². The van der Waals surface area contributed by atoms with Gasteiger partial charge in [-0.25, -0.2) is 0 Å². The van der Waals surface area contributed by atoms with Crippen LogP contribution in [0.25, 0.3) is 0 Å². The van der Waals surface area contributed by atoms with Crippen molar-refractivity contribution in [1.82, 2.24) is 15.0 Å². The van der Waals surface area contributed by atoms with Crippen LogP contribution in [0.15, 0.2) is 24.3 Å². The van der Waals surface area contributed by atoms with E-state index in [1.165, 1.54) is 7.11 Å². The molecule has 7 heteroatoms. The van der Waals surface area contributed by atoms with E-state index in [4.69, 9.17) is 14.2 Å². The highest BCUT2D eigenvalue weighted by Crippen LogP contribution is 2.30. The molecule has 0 aliphatic carbocycles. The lowest BCUT2D eigenvalue weighted by molar-refractivity contribution is 0.297. The monoisotopic (exact) mass is 290 g/mol. The first-order valence-electron chi connectivity index (χ1n) is 6.64. The topological polar surface area (TPSA) is 78.4 Å². The molecule has 7 nitrogen and oxygen atoms in total. The van der Waals surface area contributed by atoms with Crippen LogP contribution in [-0.2, 0) is 0 Å². The van der Waals surface area contributed by atoms with E-state index in [0.717, 1.165) is 6.42 Å². The van der Waals surface area contributed by atoms with Crippen LogP contribution in [-0.4, -0.2) is 35.7 Å². The van der Waals surface area contributed by atoms with Gasteiger partial charge in [0.15, 0.2) is 11.5 Å². The molecule has 0 bridgehead atoms. The van der Waals surface area contributed by atoms with Crippen molar-refractivity contribution in [3.8, 4) is 23.5 Å². The quantitative estimate of drug-likeness (QED) is 0.839. The molecule has 0 atom stereocenters. The number of para-hydroxylation sites is 2. The number of hydrogen-bond acceptors (Lipinski definition) is 7. The molecule has 112 valence electrons. The largest absolute Gasteiger partial charge is 0.490 e. The van der Waals surface area contributed by atoms with E-state index in [-0.39, 0.29) is 12.0 Å². The molecule has 0 fully saturated rings. The molecule has 0 radical (unpaired) electrons. The Morgan fingerprint density at radius 3 is 2.43 bits per heavy atom. The number of nitrogens with one attached hydrogen (secondary N) is 1. The van der Waals surface area contributed by atoms with E-state index in [2.05, 4.69) is 20.3 Å². The van der Waals surface area contributed by atoms with Crippen molar-refractivity contribution in [1.29, 1.82) is 0 Å². The number of nitrogens with zero attached hydrogens (tertiary/aromatic N) is 3. The molecular weight excluding hydrogens is 272 g/mol. The van der Waals surface area contributed by atoms with Crippen LogP contribution in [0.4, 0.5) is 5.95 Å². The van der Waals surface area contributed by atoms with Crippen molar-refractivity contribution >= 4 is 5.95 Å². The third kappa shape index (κ3) is 3.95. The molecule has 0 unspecified atom stereocenters. The van der Waals surface area contributed by atoms with E-state index in [1.807, 2.05) is 25.1 Å². The highest BCUT2D eigenvalue weighted by atomic mass is 16.5. The maximum atomic E-state index is 5.68. The van der Waals surface area contributed by atoms with Crippen LogP contribution in [0.5, 0.6) is 23.5 Å². The van der Waals surface area contributed by atoms with Gasteiger partial charge >= 0.3 is 12.0 Å². The zero-order chi connectivity index (χ0) is 15.1. The Kier molecular flexibility index (Phi) is 5.14. The van der Waals surface area contributed by atoms with Gasteiger partial charge in [0.2, 0.25) is 5.95 Å². The van der Waals surface area contributed by atoms with Gasteiger partial charge in [-0.2, -0.15) is 9.97 Å². The minimum absolute atomic E-state index is 0.138. The number of anilines is 1. The summed E-state index contributed by atoms with van der Waals surface area (Å²) in [5.41, 5.74) is 0. The van der Waals surface area contributed by atoms with Gasteiger partial charge in [-0.1, -0.05) is 19.1 Å². The van der Waals surface area contributed by atoms with E-state index < -0.39 is 0 Å². The van der Waals surface area contributed by atoms with Crippen LogP contribution < -0.4 is 19.5 Å². The standard InChI is InChI=1S/C14H18N4O3/c1-4-9-20-10-7-5-6-8-11(10)21-14-17-12(15-2)16-13(18-14)19-3/h5-8H,4,9H2,1-3H3,(H,15,16,17,18). The molecule has 0 amide bonds. The van der Waals surface area contributed by atoms with Gasteiger partial charge in [0.25, 0.3) is 0 Å². The van der Waals surface area contributed by atoms with Gasteiger partial charge < -0.3 is 19.5 Å². The Balaban J connectivity index is 2.25. The third-order valence-corrected chi connectivity index (χ3v) is 2.51. The Bertz CT molecular complexity index is 570. The molecule has 0 saturated carbocycles. The predicted octanol–water partition coefficient (Wildman–Crippen LogP) is 2.50. The first kappa shape index (κ1) is 14.8. The van der Waals surface area contributed by atoms with Crippen LogP contribution in [0.2, 0.25) is 0 Å². The van der Waals surface area contributed by atoms with Crippen molar-refractivity contribution in [2.45, 2.75) is 13.3 Å². The Morgan fingerprint density at radius 2 is 1.76 bits per heavy atom. The summed E-state index contributed by atoms with van der Waals surface area (Å²) in [6, 6.07) is 7.68. The molecule has 0 aliphatic rings.